The van der Waals surface area contributed by atoms with Crippen molar-refractivity contribution in [2.45, 2.75) is 38.3 Å². The Labute approximate surface area is 138 Å². The van der Waals surface area contributed by atoms with Crippen LogP contribution in [-0.2, 0) is 11.0 Å². The van der Waals surface area contributed by atoms with E-state index in [1.807, 2.05) is 0 Å². The maximum atomic E-state index is 12.7. The van der Waals surface area contributed by atoms with Gasteiger partial charge in [0.2, 0.25) is 0 Å². The van der Waals surface area contributed by atoms with E-state index in [0.29, 0.717) is 0 Å². The van der Waals surface area contributed by atoms with Crippen LogP contribution in [0.5, 0.6) is 0 Å². The molecular weight excluding hydrogens is 329 g/mol. The molecular formula is C16H21ClF3N2O+. The summed E-state index contributed by atoms with van der Waals surface area (Å²) in [4.78, 5) is 13.3. The van der Waals surface area contributed by atoms with Gasteiger partial charge in [0.15, 0.2) is 6.54 Å². The van der Waals surface area contributed by atoms with Gasteiger partial charge in [0.1, 0.15) is 0 Å². The van der Waals surface area contributed by atoms with Crippen molar-refractivity contribution in [1.82, 2.24) is 0 Å². The number of carbonyl (C=O) groups is 1. The molecule has 0 saturated carbocycles. The number of hydrogen-bond donors (Lipinski definition) is 2. The summed E-state index contributed by atoms with van der Waals surface area (Å²) in [5, 5.41) is 2.62. The van der Waals surface area contributed by atoms with Gasteiger partial charge >= 0.3 is 6.18 Å². The molecule has 0 radical (unpaired) electrons. The van der Waals surface area contributed by atoms with Gasteiger partial charge in [-0.05, 0) is 43.9 Å². The Morgan fingerprint density at radius 2 is 1.74 bits per heavy atom. The van der Waals surface area contributed by atoms with Crippen molar-refractivity contribution in [3.05, 3.63) is 28.8 Å². The molecule has 1 aromatic rings. The molecule has 1 fully saturated rings. The molecule has 0 unspecified atom stereocenters. The zero-order chi connectivity index (χ0) is 16.9. The predicted molar refractivity (Wildman–Crippen MR) is 83.7 cm³/mol. The number of alkyl halides is 3. The van der Waals surface area contributed by atoms with E-state index < -0.39 is 11.7 Å². The van der Waals surface area contributed by atoms with Crippen LogP contribution >= 0.6 is 11.6 Å². The molecule has 1 aromatic carbocycles. The third kappa shape index (κ3) is 5.70. The van der Waals surface area contributed by atoms with E-state index in [2.05, 4.69) is 5.32 Å². The second kappa shape index (κ2) is 8.02. The summed E-state index contributed by atoms with van der Waals surface area (Å²) in [6.07, 6.45) is 1.27. The van der Waals surface area contributed by atoms with E-state index in [1.165, 1.54) is 24.2 Å². The van der Waals surface area contributed by atoms with Crippen LogP contribution in [0.1, 0.15) is 37.7 Å². The van der Waals surface area contributed by atoms with Gasteiger partial charge in [-0.2, -0.15) is 13.2 Å². The van der Waals surface area contributed by atoms with Crippen LogP contribution in [0.15, 0.2) is 18.2 Å². The van der Waals surface area contributed by atoms with Gasteiger partial charge in [0.05, 0.1) is 29.4 Å². The van der Waals surface area contributed by atoms with Gasteiger partial charge in [0, 0.05) is 0 Å². The molecule has 0 atom stereocenters. The van der Waals surface area contributed by atoms with Crippen LogP contribution in [0.4, 0.5) is 18.9 Å². The van der Waals surface area contributed by atoms with E-state index in [4.69, 9.17) is 11.6 Å². The topological polar surface area (TPSA) is 33.5 Å². The molecule has 0 spiro atoms. The first-order chi connectivity index (χ1) is 10.9. The van der Waals surface area contributed by atoms with Crippen LogP contribution < -0.4 is 10.2 Å². The lowest BCUT2D eigenvalue weighted by molar-refractivity contribution is -0.892. The van der Waals surface area contributed by atoms with Crippen LogP contribution in [0.2, 0.25) is 5.02 Å². The van der Waals surface area contributed by atoms with Crippen LogP contribution in [0.25, 0.3) is 0 Å². The lowest BCUT2D eigenvalue weighted by Gasteiger charge is -2.21. The van der Waals surface area contributed by atoms with Crippen molar-refractivity contribution in [3.63, 3.8) is 0 Å². The lowest BCUT2D eigenvalue weighted by Crippen LogP contribution is -3.13. The summed E-state index contributed by atoms with van der Waals surface area (Å²) in [5.74, 6) is -0.304. The van der Waals surface area contributed by atoms with Gasteiger partial charge in [0.25, 0.3) is 5.91 Å². The average molecular weight is 350 g/mol. The van der Waals surface area contributed by atoms with Crippen molar-refractivity contribution in [1.29, 1.82) is 0 Å². The quantitative estimate of drug-likeness (QED) is 0.863. The molecule has 1 amide bonds. The number of benzene rings is 1. The number of rotatable bonds is 3. The average Bonchev–Trinajstić information content (AvgIpc) is 2.43. The lowest BCUT2D eigenvalue weighted by atomic mass is 10.1. The molecule has 0 bridgehead atoms. The SMILES string of the molecule is O=C(C[NH+]1CCCCCCC1)Nc1cc(C(F)(F)F)ccc1Cl. The summed E-state index contributed by atoms with van der Waals surface area (Å²) >= 11 is 5.89. The fourth-order valence-electron chi connectivity index (χ4n) is 2.80. The number of halogens is 4. The standard InChI is InChI=1S/C16H20ClF3N2O/c17-13-7-6-12(16(18,19)20)10-14(13)21-15(23)11-22-8-4-2-1-3-5-9-22/h6-7,10H,1-5,8-9,11H2,(H,21,23)/p+1. The Morgan fingerprint density at radius 1 is 1.13 bits per heavy atom. The highest BCUT2D eigenvalue weighted by molar-refractivity contribution is 6.33. The van der Waals surface area contributed by atoms with Gasteiger partial charge in [-0.25, -0.2) is 0 Å². The Balaban J connectivity index is 1.99. The molecule has 2 N–H and O–H groups in total. The van der Waals surface area contributed by atoms with E-state index >= 15 is 0 Å². The third-order valence-corrected chi connectivity index (χ3v) is 4.37. The summed E-state index contributed by atoms with van der Waals surface area (Å²) in [6.45, 7) is 2.10. The van der Waals surface area contributed by atoms with Crippen molar-refractivity contribution < 1.29 is 22.9 Å². The molecule has 0 aliphatic carbocycles. The van der Waals surface area contributed by atoms with Gasteiger partial charge in [-0.1, -0.05) is 18.0 Å². The Bertz CT molecular complexity index is 541. The number of likely N-dealkylation sites (tertiary alicyclic amines) is 1. The second-order valence-corrected chi connectivity index (χ2v) is 6.34. The normalized spacial score (nSPS) is 17.4. The molecule has 2 rings (SSSR count). The summed E-state index contributed by atoms with van der Waals surface area (Å²) < 4.78 is 38.2. The number of nitrogens with one attached hydrogen (secondary N) is 2. The molecule has 1 saturated heterocycles. The first-order valence-corrected chi connectivity index (χ1v) is 8.24. The highest BCUT2D eigenvalue weighted by Gasteiger charge is 2.31. The Kier molecular flexibility index (Phi) is 6.30. The van der Waals surface area contributed by atoms with Crippen molar-refractivity contribution >= 4 is 23.2 Å². The van der Waals surface area contributed by atoms with E-state index in [0.717, 1.165) is 44.1 Å². The number of hydrogen-bond acceptors (Lipinski definition) is 1. The van der Waals surface area contributed by atoms with E-state index in [9.17, 15) is 18.0 Å². The number of carbonyl (C=O) groups excluding carboxylic acids is 1. The zero-order valence-electron chi connectivity index (χ0n) is 12.8. The molecule has 1 heterocycles. The van der Waals surface area contributed by atoms with Crippen molar-refractivity contribution in [3.8, 4) is 0 Å². The molecule has 3 nitrogen and oxygen atoms in total. The minimum absolute atomic E-state index is 0.0120. The molecule has 128 valence electrons. The minimum Gasteiger partial charge on any atom is -0.327 e. The second-order valence-electron chi connectivity index (χ2n) is 5.94. The van der Waals surface area contributed by atoms with Crippen LogP contribution in [-0.4, -0.2) is 25.5 Å². The number of quaternary nitrogens is 1. The molecule has 0 aromatic heterocycles. The molecule has 1 aliphatic heterocycles. The third-order valence-electron chi connectivity index (χ3n) is 4.04. The summed E-state index contributed by atoms with van der Waals surface area (Å²) in [7, 11) is 0. The van der Waals surface area contributed by atoms with Gasteiger partial charge in [-0.3, -0.25) is 4.79 Å². The van der Waals surface area contributed by atoms with Crippen LogP contribution in [0, 0.1) is 0 Å². The summed E-state index contributed by atoms with van der Waals surface area (Å²) in [5.41, 5.74) is -0.811. The Morgan fingerprint density at radius 3 is 2.35 bits per heavy atom. The summed E-state index contributed by atoms with van der Waals surface area (Å²) in [6, 6.07) is 2.94. The van der Waals surface area contributed by atoms with E-state index in [1.54, 1.807) is 0 Å². The van der Waals surface area contributed by atoms with Gasteiger partial charge < -0.3 is 10.2 Å². The van der Waals surface area contributed by atoms with Crippen molar-refractivity contribution in [2.24, 2.45) is 0 Å². The fraction of sp³-hybridized carbons (Fsp3) is 0.562. The predicted octanol–water partition coefficient (Wildman–Crippen LogP) is 3.15. The monoisotopic (exact) mass is 349 g/mol. The maximum absolute atomic E-state index is 12.7. The van der Waals surface area contributed by atoms with Gasteiger partial charge in [-0.15, -0.1) is 0 Å². The maximum Gasteiger partial charge on any atom is 0.416 e. The van der Waals surface area contributed by atoms with Crippen molar-refractivity contribution in [2.75, 3.05) is 25.0 Å². The number of amides is 1. The minimum atomic E-state index is -4.46. The Hall–Kier alpha value is -1.27. The first-order valence-electron chi connectivity index (χ1n) is 7.86. The van der Waals surface area contributed by atoms with Crippen LogP contribution in [0.3, 0.4) is 0 Å². The fourth-order valence-corrected chi connectivity index (χ4v) is 2.97. The zero-order valence-corrected chi connectivity index (χ0v) is 13.6. The molecule has 1 aliphatic rings. The smallest absolute Gasteiger partial charge is 0.327 e. The molecule has 23 heavy (non-hydrogen) atoms. The highest BCUT2D eigenvalue weighted by Crippen LogP contribution is 2.33. The first kappa shape index (κ1) is 18.1. The molecule has 7 heteroatoms. The largest absolute Gasteiger partial charge is 0.416 e. The highest BCUT2D eigenvalue weighted by atomic mass is 35.5. The number of anilines is 1. The van der Waals surface area contributed by atoms with E-state index in [-0.39, 0.29) is 23.2 Å².